The van der Waals surface area contributed by atoms with Crippen molar-refractivity contribution >= 4 is 15.7 Å². The predicted octanol–water partition coefficient (Wildman–Crippen LogP) is 3.41. The van der Waals surface area contributed by atoms with E-state index in [1.54, 1.807) is 0 Å². The van der Waals surface area contributed by atoms with Crippen LogP contribution in [0.1, 0.15) is 31.9 Å². The average Bonchev–Trinajstić information content (AvgIpc) is 2.86. The summed E-state index contributed by atoms with van der Waals surface area (Å²) in [7, 11) is -4.21. The first-order valence-corrected chi connectivity index (χ1v) is 12.6. The molecule has 0 unspecified atom stereocenters. The highest BCUT2D eigenvalue weighted by Gasteiger charge is 2.56. The minimum atomic E-state index is -5.65. The summed E-state index contributed by atoms with van der Waals surface area (Å²) >= 11 is 0. The molecule has 1 aromatic carbocycles. The van der Waals surface area contributed by atoms with Crippen molar-refractivity contribution in [1.29, 1.82) is 0 Å². The van der Waals surface area contributed by atoms with Gasteiger partial charge in [-0.05, 0) is 51.4 Å². The van der Waals surface area contributed by atoms with E-state index in [1.165, 1.54) is 37.4 Å². The first-order chi connectivity index (χ1) is 16.7. The Morgan fingerprint density at radius 3 is 2.19 bits per heavy atom. The topological polar surface area (TPSA) is 112 Å². The lowest BCUT2D eigenvalue weighted by Crippen LogP contribution is -2.57. The molecule has 1 fully saturated rings. The van der Waals surface area contributed by atoms with Crippen molar-refractivity contribution in [3.8, 4) is 11.3 Å². The number of hydrogen-bond acceptors (Lipinski definition) is 7. The fourth-order valence-corrected chi connectivity index (χ4v) is 5.92. The molecule has 0 atom stereocenters. The van der Waals surface area contributed by atoms with E-state index >= 15 is 0 Å². The Morgan fingerprint density at radius 1 is 1.08 bits per heavy atom. The number of nitrogens with one attached hydrogen (secondary N) is 1. The number of rotatable bonds is 8. The summed E-state index contributed by atoms with van der Waals surface area (Å²) in [6.07, 6.45) is -5.52. The Morgan fingerprint density at radius 2 is 1.69 bits per heavy atom. The Balaban J connectivity index is 1.81. The van der Waals surface area contributed by atoms with E-state index in [0.29, 0.717) is 10.6 Å². The molecule has 198 valence electrons. The van der Waals surface area contributed by atoms with Crippen LogP contribution >= 0.6 is 0 Å². The lowest BCUT2D eigenvalue weighted by Gasteiger charge is -2.37. The van der Waals surface area contributed by atoms with Crippen LogP contribution in [-0.2, 0) is 21.1 Å². The van der Waals surface area contributed by atoms with Crippen molar-refractivity contribution in [2.24, 2.45) is 0 Å². The summed E-state index contributed by atoms with van der Waals surface area (Å²) in [5, 5.41) is 13.4. The third kappa shape index (κ3) is 5.34. The zero-order valence-electron chi connectivity index (χ0n) is 19.2. The van der Waals surface area contributed by atoms with Gasteiger partial charge in [-0.25, -0.2) is 13.5 Å². The van der Waals surface area contributed by atoms with E-state index in [1.807, 2.05) is 0 Å². The van der Waals surface area contributed by atoms with Gasteiger partial charge in [0.15, 0.2) is 14.6 Å². The summed E-state index contributed by atoms with van der Waals surface area (Å²) in [6, 6.07) is 5.41. The molecular weight excluding hydrogens is 511 g/mol. The van der Waals surface area contributed by atoms with E-state index in [2.05, 4.69) is 15.3 Å². The molecule has 0 radical (unpaired) electrons. The lowest BCUT2D eigenvalue weighted by atomic mass is 9.95. The molecule has 2 heterocycles. The molecule has 3 rings (SSSR count). The molecule has 1 aromatic heterocycles. The van der Waals surface area contributed by atoms with Crippen LogP contribution in [0.5, 0.6) is 0 Å². The Labute approximate surface area is 204 Å². The average molecular weight is 537 g/mol. The highest BCUT2D eigenvalue weighted by Crippen LogP contribution is 2.39. The number of aromatic nitrogens is 2. The van der Waals surface area contributed by atoms with Crippen LogP contribution in [0.2, 0.25) is 0 Å². The van der Waals surface area contributed by atoms with E-state index in [-0.39, 0.29) is 48.8 Å². The second kappa shape index (κ2) is 10.3. The number of sulfone groups is 1. The van der Waals surface area contributed by atoms with Crippen molar-refractivity contribution in [2.75, 3.05) is 19.6 Å². The molecule has 0 saturated carbocycles. The second-order valence-electron chi connectivity index (χ2n) is 8.39. The molecule has 1 aliphatic rings. The fraction of sp³-hybridized carbons (Fsp3) is 0.500. The van der Waals surface area contributed by atoms with Gasteiger partial charge in [0.2, 0.25) is 0 Å². The zero-order valence-corrected chi connectivity index (χ0v) is 20.0. The van der Waals surface area contributed by atoms with Gasteiger partial charge in [0.05, 0.1) is 22.5 Å². The fourth-order valence-electron chi connectivity index (χ4n) is 3.90. The maximum atomic E-state index is 13.5. The molecule has 0 spiro atoms. The summed E-state index contributed by atoms with van der Waals surface area (Å²) in [6.45, 7) is 1.99. The van der Waals surface area contributed by atoms with Gasteiger partial charge in [-0.15, -0.1) is 0 Å². The number of piperidine rings is 1. The van der Waals surface area contributed by atoms with Crippen molar-refractivity contribution < 1.29 is 40.4 Å². The molecular formula is C22H25F5N4O4S. The number of aryl methyl sites for hydroxylation is 1. The molecule has 1 amide bonds. The van der Waals surface area contributed by atoms with Crippen molar-refractivity contribution in [2.45, 2.75) is 54.3 Å². The maximum absolute atomic E-state index is 13.5. The number of benzene rings is 1. The summed E-state index contributed by atoms with van der Waals surface area (Å²) in [4.78, 5) is 20.7. The van der Waals surface area contributed by atoms with Gasteiger partial charge < -0.3 is 5.32 Å². The monoisotopic (exact) mass is 536 g/mol. The van der Waals surface area contributed by atoms with Gasteiger partial charge in [-0.1, -0.05) is 12.1 Å². The third-order valence-corrected chi connectivity index (χ3v) is 8.63. The van der Waals surface area contributed by atoms with Gasteiger partial charge in [0, 0.05) is 24.7 Å². The summed E-state index contributed by atoms with van der Waals surface area (Å²) < 4.78 is 88.4. The Bertz CT molecular complexity index is 1170. The Hall–Kier alpha value is -2.71. The van der Waals surface area contributed by atoms with E-state index in [9.17, 15) is 40.4 Å². The molecule has 0 aliphatic carbocycles. The van der Waals surface area contributed by atoms with E-state index in [0.717, 1.165) is 6.20 Å². The normalized spacial score (nSPS) is 16.5. The number of nitrogens with zero attached hydrogens (tertiary/aromatic N) is 3. The smallest absolute Gasteiger partial charge is 0.317 e. The van der Waals surface area contributed by atoms with Crippen LogP contribution in [0, 0.1) is 0 Å². The third-order valence-electron chi connectivity index (χ3n) is 6.12. The van der Waals surface area contributed by atoms with Crippen LogP contribution in [0.4, 0.5) is 22.0 Å². The number of carbonyl (C=O) groups is 1. The molecule has 14 heteroatoms. The summed E-state index contributed by atoms with van der Waals surface area (Å²) in [5.41, 5.74) is 0.597. The first-order valence-electron chi connectivity index (χ1n) is 11.1. The van der Waals surface area contributed by atoms with Crippen LogP contribution < -0.4 is 5.32 Å². The number of alkyl halides is 5. The maximum Gasteiger partial charge on any atom is 0.453 e. The minimum Gasteiger partial charge on any atom is -0.317 e. The number of halogens is 5. The molecule has 2 aromatic rings. The second-order valence-corrected chi connectivity index (χ2v) is 10.6. The highest BCUT2D eigenvalue weighted by molar-refractivity contribution is 7.93. The number of carbonyl (C=O) groups excluding carboxylic acids is 1. The highest BCUT2D eigenvalue weighted by atomic mass is 32.2. The van der Waals surface area contributed by atoms with Gasteiger partial charge in [0.1, 0.15) is 0 Å². The molecule has 1 aliphatic heterocycles. The van der Waals surface area contributed by atoms with E-state index in [4.69, 9.17) is 0 Å². The standard InChI is InChI=1S/C22H25F5N4O4S/c1-2-31(33)19(32)20(9-11-28-12-10-20)36(34,35)17-5-3-15(4-6-17)18-14-29-16(13-30-18)7-8-21(23,24)22(25,26)27/h3-6,13-14,28,33H,2,7-12H2,1H3. The molecule has 2 N–H and O–H groups in total. The van der Waals surface area contributed by atoms with Crippen molar-refractivity contribution in [3.05, 3.63) is 42.4 Å². The quantitative estimate of drug-likeness (QED) is 0.302. The number of amides is 1. The van der Waals surface area contributed by atoms with Crippen molar-refractivity contribution in [1.82, 2.24) is 20.3 Å². The minimum absolute atomic E-state index is 0.0205. The lowest BCUT2D eigenvalue weighted by molar-refractivity contribution is -0.284. The molecule has 8 nitrogen and oxygen atoms in total. The number of hydroxylamine groups is 2. The van der Waals surface area contributed by atoms with Gasteiger partial charge in [0.25, 0.3) is 5.91 Å². The SMILES string of the molecule is CCN(O)C(=O)C1(S(=O)(=O)c2ccc(-c3cnc(CCC(F)(F)C(F)(F)F)cn3)cc2)CCNCC1. The molecule has 36 heavy (non-hydrogen) atoms. The van der Waals surface area contributed by atoms with Crippen LogP contribution in [-0.4, -0.2) is 71.0 Å². The van der Waals surface area contributed by atoms with Crippen LogP contribution in [0.15, 0.2) is 41.6 Å². The Kier molecular flexibility index (Phi) is 8.01. The largest absolute Gasteiger partial charge is 0.453 e. The van der Waals surface area contributed by atoms with Gasteiger partial charge >= 0.3 is 12.1 Å². The van der Waals surface area contributed by atoms with Gasteiger partial charge in [-0.2, -0.15) is 22.0 Å². The molecule has 0 bridgehead atoms. The van der Waals surface area contributed by atoms with Crippen LogP contribution in [0.25, 0.3) is 11.3 Å². The van der Waals surface area contributed by atoms with E-state index < -0.39 is 45.4 Å². The zero-order chi connectivity index (χ0) is 26.8. The number of hydrogen-bond donors (Lipinski definition) is 2. The first kappa shape index (κ1) is 27.9. The van der Waals surface area contributed by atoms with Crippen molar-refractivity contribution in [3.63, 3.8) is 0 Å². The predicted molar refractivity (Wildman–Crippen MR) is 118 cm³/mol. The van der Waals surface area contributed by atoms with Gasteiger partial charge in [-0.3, -0.25) is 20.0 Å². The van der Waals surface area contributed by atoms with Crippen LogP contribution in [0.3, 0.4) is 0 Å². The summed E-state index contributed by atoms with van der Waals surface area (Å²) in [5.74, 6) is -5.74. The molecule has 1 saturated heterocycles.